The van der Waals surface area contributed by atoms with E-state index in [-0.39, 0.29) is 5.02 Å². The number of nitriles is 1. The van der Waals surface area contributed by atoms with Crippen molar-refractivity contribution in [3.63, 3.8) is 0 Å². The molecule has 1 aromatic carbocycles. The third kappa shape index (κ3) is 1.81. The highest BCUT2D eigenvalue weighted by Crippen LogP contribution is 2.42. The SMILES string of the molecule is N#CC1(c2cccc(F)c2Cl)CCCCC1. The van der Waals surface area contributed by atoms with Crippen molar-refractivity contribution < 1.29 is 4.39 Å². The molecule has 0 spiro atoms. The van der Waals surface area contributed by atoms with Gasteiger partial charge in [0.25, 0.3) is 0 Å². The molecule has 0 heterocycles. The van der Waals surface area contributed by atoms with E-state index in [0.29, 0.717) is 5.56 Å². The van der Waals surface area contributed by atoms with E-state index in [0.717, 1.165) is 32.1 Å². The monoisotopic (exact) mass is 237 g/mol. The Labute approximate surface area is 99.8 Å². The minimum Gasteiger partial charge on any atom is -0.205 e. The fourth-order valence-corrected chi connectivity index (χ4v) is 2.78. The van der Waals surface area contributed by atoms with Crippen LogP contribution in [0.1, 0.15) is 37.7 Å². The summed E-state index contributed by atoms with van der Waals surface area (Å²) in [4.78, 5) is 0. The van der Waals surface area contributed by atoms with Crippen molar-refractivity contribution in [1.29, 1.82) is 5.26 Å². The Hall–Kier alpha value is -1.07. The van der Waals surface area contributed by atoms with Gasteiger partial charge in [-0.05, 0) is 24.5 Å². The number of rotatable bonds is 1. The molecule has 16 heavy (non-hydrogen) atoms. The predicted molar refractivity (Wildman–Crippen MR) is 61.8 cm³/mol. The van der Waals surface area contributed by atoms with E-state index in [9.17, 15) is 9.65 Å². The average molecular weight is 238 g/mol. The van der Waals surface area contributed by atoms with E-state index in [4.69, 9.17) is 11.6 Å². The van der Waals surface area contributed by atoms with Gasteiger partial charge in [-0.1, -0.05) is 43.0 Å². The molecule has 0 saturated heterocycles. The maximum absolute atomic E-state index is 13.4. The van der Waals surface area contributed by atoms with Gasteiger partial charge >= 0.3 is 0 Å². The lowest BCUT2D eigenvalue weighted by atomic mass is 9.70. The summed E-state index contributed by atoms with van der Waals surface area (Å²) < 4.78 is 13.4. The van der Waals surface area contributed by atoms with Crippen molar-refractivity contribution in [2.75, 3.05) is 0 Å². The summed E-state index contributed by atoms with van der Waals surface area (Å²) in [6, 6.07) is 7.09. The van der Waals surface area contributed by atoms with Gasteiger partial charge in [0, 0.05) is 0 Å². The molecule has 1 aliphatic rings. The van der Waals surface area contributed by atoms with Gasteiger partial charge in [-0.2, -0.15) is 5.26 Å². The van der Waals surface area contributed by atoms with Crippen molar-refractivity contribution in [2.45, 2.75) is 37.5 Å². The van der Waals surface area contributed by atoms with Crippen LogP contribution in [0.2, 0.25) is 5.02 Å². The second-order valence-corrected chi connectivity index (χ2v) is 4.73. The summed E-state index contributed by atoms with van der Waals surface area (Å²) in [5.41, 5.74) is 0.0913. The molecule has 0 atom stereocenters. The number of hydrogen-bond donors (Lipinski definition) is 0. The molecule has 0 aromatic heterocycles. The Balaban J connectivity index is 2.48. The van der Waals surface area contributed by atoms with E-state index < -0.39 is 11.2 Å². The van der Waals surface area contributed by atoms with Crippen molar-refractivity contribution >= 4 is 11.6 Å². The van der Waals surface area contributed by atoms with Gasteiger partial charge in [0.2, 0.25) is 0 Å². The van der Waals surface area contributed by atoms with E-state index >= 15 is 0 Å². The molecule has 0 radical (unpaired) electrons. The lowest BCUT2D eigenvalue weighted by Gasteiger charge is -2.31. The molecule has 0 unspecified atom stereocenters. The van der Waals surface area contributed by atoms with Gasteiger partial charge in [0.1, 0.15) is 5.82 Å². The smallest absolute Gasteiger partial charge is 0.142 e. The van der Waals surface area contributed by atoms with Gasteiger partial charge in [0.15, 0.2) is 0 Å². The molecule has 2 rings (SSSR count). The van der Waals surface area contributed by atoms with Crippen molar-refractivity contribution in [1.82, 2.24) is 0 Å². The zero-order valence-electron chi connectivity index (χ0n) is 8.97. The first-order valence-corrected chi connectivity index (χ1v) is 5.93. The molecular weight excluding hydrogens is 225 g/mol. The molecule has 1 saturated carbocycles. The van der Waals surface area contributed by atoms with E-state index in [1.807, 2.05) is 0 Å². The first kappa shape index (κ1) is 11.4. The largest absolute Gasteiger partial charge is 0.205 e. The quantitative estimate of drug-likeness (QED) is 0.718. The van der Waals surface area contributed by atoms with Crippen molar-refractivity contribution in [3.8, 4) is 6.07 Å². The van der Waals surface area contributed by atoms with Crippen LogP contribution in [0.5, 0.6) is 0 Å². The highest BCUT2D eigenvalue weighted by Gasteiger charge is 2.36. The minimum absolute atomic E-state index is 0.117. The lowest BCUT2D eigenvalue weighted by molar-refractivity contribution is 0.365. The maximum atomic E-state index is 13.4. The van der Waals surface area contributed by atoms with Gasteiger partial charge < -0.3 is 0 Å². The molecule has 0 bridgehead atoms. The second kappa shape index (κ2) is 4.43. The topological polar surface area (TPSA) is 23.8 Å². The van der Waals surface area contributed by atoms with Crippen LogP contribution in [-0.2, 0) is 5.41 Å². The van der Waals surface area contributed by atoms with Crippen molar-refractivity contribution in [3.05, 3.63) is 34.6 Å². The number of nitrogens with zero attached hydrogens (tertiary/aromatic N) is 1. The third-order valence-electron chi connectivity index (χ3n) is 3.39. The lowest BCUT2D eigenvalue weighted by Crippen LogP contribution is -2.27. The fraction of sp³-hybridized carbons (Fsp3) is 0.462. The predicted octanol–water partition coefficient (Wildman–Crippen LogP) is 4.20. The highest BCUT2D eigenvalue weighted by atomic mass is 35.5. The zero-order chi connectivity index (χ0) is 11.6. The van der Waals surface area contributed by atoms with Gasteiger partial charge in [-0.3, -0.25) is 0 Å². The van der Waals surface area contributed by atoms with Crippen LogP contribution in [0, 0.1) is 17.1 Å². The molecule has 0 aliphatic heterocycles. The van der Waals surface area contributed by atoms with E-state index in [1.54, 1.807) is 12.1 Å². The molecule has 3 heteroatoms. The zero-order valence-corrected chi connectivity index (χ0v) is 9.73. The highest BCUT2D eigenvalue weighted by molar-refractivity contribution is 6.31. The Kier molecular flexibility index (Phi) is 3.16. The standard InChI is InChI=1S/C13H13ClFN/c14-12-10(5-4-6-11(12)15)13(9-16)7-2-1-3-8-13/h4-6H,1-3,7-8H2. The van der Waals surface area contributed by atoms with Crippen LogP contribution in [0.4, 0.5) is 4.39 Å². The fourth-order valence-electron chi connectivity index (χ4n) is 2.47. The first-order chi connectivity index (χ1) is 7.69. The van der Waals surface area contributed by atoms with Crippen LogP contribution in [-0.4, -0.2) is 0 Å². The minimum atomic E-state index is -0.572. The van der Waals surface area contributed by atoms with Crippen LogP contribution in [0.15, 0.2) is 18.2 Å². The van der Waals surface area contributed by atoms with Gasteiger partial charge in [0.05, 0.1) is 16.5 Å². The molecule has 1 fully saturated rings. The van der Waals surface area contributed by atoms with Gasteiger partial charge in [-0.25, -0.2) is 4.39 Å². The second-order valence-electron chi connectivity index (χ2n) is 4.36. The Morgan fingerprint density at radius 1 is 1.25 bits per heavy atom. The average Bonchev–Trinajstić information content (AvgIpc) is 2.33. The Morgan fingerprint density at radius 3 is 2.56 bits per heavy atom. The number of hydrogen-bond acceptors (Lipinski definition) is 1. The third-order valence-corrected chi connectivity index (χ3v) is 3.77. The molecule has 84 valence electrons. The summed E-state index contributed by atoms with van der Waals surface area (Å²) in [6.45, 7) is 0. The van der Waals surface area contributed by atoms with Crippen molar-refractivity contribution in [2.24, 2.45) is 0 Å². The molecular formula is C13H13ClFN. The molecule has 0 N–H and O–H groups in total. The van der Waals surface area contributed by atoms with E-state index in [2.05, 4.69) is 6.07 Å². The molecule has 1 nitrogen and oxygen atoms in total. The summed E-state index contributed by atoms with van der Waals surface area (Å²) in [5.74, 6) is -0.431. The summed E-state index contributed by atoms with van der Waals surface area (Å²) in [5, 5.41) is 9.50. The molecule has 0 amide bonds. The summed E-state index contributed by atoms with van der Waals surface area (Å²) in [7, 11) is 0. The van der Waals surface area contributed by atoms with E-state index in [1.165, 1.54) is 6.07 Å². The molecule has 1 aromatic rings. The number of halogens is 2. The normalized spacial score (nSPS) is 19.1. The van der Waals surface area contributed by atoms with Crippen LogP contribution < -0.4 is 0 Å². The molecule has 1 aliphatic carbocycles. The van der Waals surface area contributed by atoms with Crippen LogP contribution in [0.25, 0.3) is 0 Å². The first-order valence-electron chi connectivity index (χ1n) is 5.55. The van der Waals surface area contributed by atoms with Crippen LogP contribution >= 0.6 is 11.6 Å². The maximum Gasteiger partial charge on any atom is 0.142 e. The summed E-state index contributed by atoms with van der Waals surface area (Å²) >= 11 is 5.97. The van der Waals surface area contributed by atoms with Crippen LogP contribution in [0.3, 0.4) is 0 Å². The Bertz CT molecular complexity index is 430. The Morgan fingerprint density at radius 2 is 1.94 bits per heavy atom. The van der Waals surface area contributed by atoms with Gasteiger partial charge in [-0.15, -0.1) is 0 Å². The summed E-state index contributed by atoms with van der Waals surface area (Å²) in [6.07, 6.45) is 4.75. The number of benzene rings is 1.